The largest absolute Gasteiger partial charge is 0.332 e. The highest BCUT2D eigenvalue weighted by Gasteiger charge is 2.39. The van der Waals surface area contributed by atoms with Crippen molar-refractivity contribution in [3.63, 3.8) is 0 Å². The molecule has 174 valence electrons. The quantitative estimate of drug-likeness (QED) is 0.588. The van der Waals surface area contributed by atoms with Crippen molar-refractivity contribution in [2.24, 2.45) is 5.92 Å². The highest BCUT2D eigenvalue weighted by molar-refractivity contribution is 7.89. The van der Waals surface area contributed by atoms with E-state index in [1.54, 1.807) is 12.1 Å². The van der Waals surface area contributed by atoms with E-state index < -0.39 is 10.0 Å². The van der Waals surface area contributed by atoms with Gasteiger partial charge in [-0.2, -0.15) is 4.31 Å². The van der Waals surface area contributed by atoms with E-state index in [0.29, 0.717) is 37.4 Å². The third kappa shape index (κ3) is 3.93. The molecule has 1 atom stereocenters. The Hall–Kier alpha value is -2.78. The van der Waals surface area contributed by atoms with Crippen LogP contribution in [-0.4, -0.2) is 57.8 Å². The van der Waals surface area contributed by atoms with Crippen molar-refractivity contribution in [2.45, 2.75) is 50.5 Å². The molecule has 1 amide bonds. The molecule has 0 spiro atoms. The van der Waals surface area contributed by atoms with Crippen molar-refractivity contribution in [1.82, 2.24) is 23.8 Å². The molecule has 0 radical (unpaired) electrons. The van der Waals surface area contributed by atoms with Crippen molar-refractivity contribution in [3.05, 3.63) is 59.5 Å². The normalized spacial score (nSPS) is 20.5. The lowest BCUT2D eigenvalue weighted by atomic mass is 9.96. The maximum absolute atomic E-state index is 13.5. The van der Waals surface area contributed by atoms with E-state index in [1.807, 2.05) is 53.6 Å². The topological polar surface area (TPSA) is 87.9 Å². The van der Waals surface area contributed by atoms with E-state index in [0.717, 1.165) is 35.4 Å². The van der Waals surface area contributed by atoms with Crippen LogP contribution >= 0.6 is 0 Å². The summed E-state index contributed by atoms with van der Waals surface area (Å²) in [5.41, 5.74) is 2.80. The maximum atomic E-state index is 13.5. The van der Waals surface area contributed by atoms with Gasteiger partial charge in [0.25, 0.3) is 0 Å². The van der Waals surface area contributed by atoms with Crippen LogP contribution < -0.4 is 0 Å². The molecule has 9 heteroatoms. The van der Waals surface area contributed by atoms with Gasteiger partial charge in [-0.15, -0.1) is 10.2 Å². The number of carbonyl (C=O) groups is 1. The lowest BCUT2D eigenvalue weighted by Crippen LogP contribution is -2.44. The van der Waals surface area contributed by atoms with Crippen molar-refractivity contribution in [3.8, 4) is 0 Å². The Morgan fingerprint density at radius 2 is 1.76 bits per heavy atom. The second kappa shape index (κ2) is 8.53. The third-order valence-electron chi connectivity index (χ3n) is 7.09. The molecule has 2 aromatic heterocycles. The minimum absolute atomic E-state index is 0.0906. The third-order valence-corrected chi connectivity index (χ3v) is 8.99. The Kier molecular flexibility index (Phi) is 5.70. The molecule has 0 bridgehead atoms. The second-order valence-corrected chi connectivity index (χ2v) is 11.0. The molecule has 3 aromatic rings. The number of likely N-dealkylation sites (tertiary alicyclic amines) is 1. The molecule has 0 unspecified atom stereocenters. The summed E-state index contributed by atoms with van der Waals surface area (Å²) < 4.78 is 29.7. The van der Waals surface area contributed by atoms with Gasteiger partial charge in [0, 0.05) is 31.7 Å². The maximum Gasteiger partial charge on any atom is 0.243 e. The molecule has 2 saturated heterocycles. The van der Waals surface area contributed by atoms with Crippen LogP contribution in [0.25, 0.3) is 5.65 Å². The number of amides is 1. The highest BCUT2D eigenvalue weighted by atomic mass is 32.2. The zero-order chi connectivity index (χ0) is 23.2. The molecule has 0 aliphatic carbocycles. The molecule has 2 fully saturated rings. The number of nitrogens with zero attached hydrogens (tertiary/aromatic N) is 5. The summed E-state index contributed by atoms with van der Waals surface area (Å²) in [5, 5.41) is 8.63. The van der Waals surface area contributed by atoms with Gasteiger partial charge >= 0.3 is 0 Å². The highest BCUT2D eigenvalue weighted by Crippen LogP contribution is 2.34. The number of aromatic nitrogens is 3. The minimum atomic E-state index is -3.55. The molecular formula is C24H29N5O3S. The lowest BCUT2D eigenvalue weighted by molar-refractivity contribution is -0.137. The molecule has 33 heavy (non-hydrogen) atoms. The summed E-state index contributed by atoms with van der Waals surface area (Å²) >= 11 is 0. The number of aryl methyl sites for hydroxylation is 2. The van der Waals surface area contributed by atoms with E-state index in [4.69, 9.17) is 0 Å². The van der Waals surface area contributed by atoms with Crippen LogP contribution in [0.3, 0.4) is 0 Å². The summed E-state index contributed by atoms with van der Waals surface area (Å²) in [5.74, 6) is 0.732. The number of rotatable bonds is 4. The van der Waals surface area contributed by atoms with Gasteiger partial charge < -0.3 is 4.90 Å². The number of piperidine rings is 1. The van der Waals surface area contributed by atoms with Gasteiger partial charge in [-0.3, -0.25) is 9.20 Å². The number of fused-ring (bicyclic) bond motifs is 1. The Labute approximate surface area is 194 Å². The Morgan fingerprint density at radius 3 is 2.52 bits per heavy atom. The number of hydrogen-bond acceptors (Lipinski definition) is 5. The van der Waals surface area contributed by atoms with Crippen LogP contribution in [0.15, 0.2) is 47.5 Å². The zero-order valence-corrected chi connectivity index (χ0v) is 19.8. The number of sulfonamides is 1. The number of pyridine rings is 1. The van der Waals surface area contributed by atoms with E-state index >= 15 is 0 Å². The average molecular weight is 468 g/mol. The predicted molar refractivity (Wildman–Crippen MR) is 124 cm³/mol. The van der Waals surface area contributed by atoms with Gasteiger partial charge in [0.05, 0.1) is 10.9 Å². The Balaban J connectivity index is 1.29. The molecule has 5 rings (SSSR count). The zero-order valence-electron chi connectivity index (χ0n) is 19.0. The van der Waals surface area contributed by atoms with Crippen LogP contribution in [0.4, 0.5) is 0 Å². The van der Waals surface area contributed by atoms with E-state index in [-0.39, 0.29) is 17.9 Å². The molecule has 8 nitrogen and oxygen atoms in total. The van der Waals surface area contributed by atoms with Gasteiger partial charge in [0.1, 0.15) is 0 Å². The first kappa shape index (κ1) is 22.0. The van der Waals surface area contributed by atoms with Crippen LogP contribution in [0.1, 0.15) is 48.7 Å². The van der Waals surface area contributed by atoms with Crippen LogP contribution in [0.5, 0.6) is 0 Å². The monoisotopic (exact) mass is 467 g/mol. The molecule has 4 heterocycles. The Morgan fingerprint density at radius 1 is 0.970 bits per heavy atom. The molecule has 2 aliphatic rings. The molecule has 0 saturated carbocycles. The smallest absolute Gasteiger partial charge is 0.243 e. The molecule has 2 aliphatic heterocycles. The SMILES string of the molecule is Cc1ccc(S(=O)(=O)N2CCC(C(=O)N3CCC[C@H]3c3nnc4ccccn34)CC2)cc1C. The fraction of sp³-hybridized carbons (Fsp3) is 0.458. The van der Waals surface area contributed by atoms with Crippen molar-refractivity contribution in [1.29, 1.82) is 0 Å². The first-order valence-corrected chi connectivity index (χ1v) is 13.0. The average Bonchev–Trinajstić information content (AvgIpc) is 3.47. The summed E-state index contributed by atoms with van der Waals surface area (Å²) in [7, 11) is -3.55. The van der Waals surface area contributed by atoms with E-state index in [1.165, 1.54) is 4.31 Å². The summed E-state index contributed by atoms with van der Waals surface area (Å²) in [6.07, 6.45) is 4.79. The first-order chi connectivity index (χ1) is 15.9. The molecule has 1 aromatic carbocycles. The molecular weight excluding hydrogens is 438 g/mol. The van der Waals surface area contributed by atoms with Crippen molar-refractivity contribution in [2.75, 3.05) is 19.6 Å². The van der Waals surface area contributed by atoms with Gasteiger partial charge in [0.15, 0.2) is 11.5 Å². The summed E-state index contributed by atoms with van der Waals surface area (Å²) in [4.78, 5) is 15.7. The fourth-order valence-corrected chi connectivity index (χ4v) is 6.54. The van der Waals surface area contributed by atoms with Gasteiger partial charge in [-0.25, -0.2) is 8.42 Å². The second-order valence-electron chi connectivity index (χ2n) is 9.10. The van der Waals surface area contributed by atoms with E-state index in [2.05, 4.69) is 10.2 Å². The van der Waals surface area contributed by atoms with Crippen molar-refractivity contribution < 1.29 is 13.2 Å². The fourth-order valence-electron chi connectivity index (χ4n) is 4.99. The summed E-state index contributed by atoms with van der Waals surface area (Å²) in [6.45, 7) is 5.31. The summed E-state index contributed by atoms with van der Waals surface area (Å²) in [6, 6.07) is 10.9. The minimum Gasteiger partial charge on any atom is -0.332 e. The van der Waals surface area contributed by atoms with Crippen LogP contribution in [0.2, 0.25) is 0 Å². The van der Waals surface area contributed by atoms with Crippen molar-refractivity contribution >= 4 is 21.6 Å². The van der Waals surface area contributed by atoms with Gasteiger partial charge in [-0.1, -0.05) is 12.1 Å². The number of benzene rings is 1. The van der Waals surface area contributed by atoms with Crippen LogP contribution in [-0.2, 0) is 14.8 Å². The Bertz CT molecular complexity index is 1290. The number of carbonyl (C=O) groups excluding carboxylic acids is 1. The number of hydrogen-bond donors (Lipinski definition) is 0. The standard InChI is InChI=1S/C24H29N5O3S/c1-17-8-9-20(16-18(17)2)33(31,32)27-14-10-19(11-15-27)24(30)28-13-5-6-21(28)23-26-25-22-7-3-4-12-29(22)23/h3-4,7-9,12,16,19,21H,5-6,10-11,13-15H2,1-2H3/t21-/m0/s1. The van der Waals surface area contributed by atoms with Gasteiger partial charge in [-0.05, 0) is 74.9 Å². The first-order valence-electron chi connectivity index (χ1n) is 11.5. The van der Waals surface area contributed by atoms with E-state index in [9.17, 15) is 13.2 Å². The lowest BCUT2D eigenvalue weighted by Gasteiger charge is -2.34. The molecule has 0 N–H and O–H groups in total. The van der Waals surface area contributed by atoms with Crippen LogP contribution in [0, 0.1) is 19.8 Å². The van der Waals surface area contributed by atoms with Gasteiger partial charge in [0.2, 0.25) is 15.9 Å². The predicted octanol–water partition coefficient (Wildman–Crippen LogP) is 3.11.